The fourth-order valence-corrected chi connectivity index (χ4v) is 2.59. The van der Waals surface area contributed by atoms with Crippen molar-refractivity contribution in [2.75, 3.05) is 4.72 Å². The molecule has 0 fully saturated rings. The van der Waals surface area contributed by atoms with Crippen molar-refractivity contribution in [1.29, 1.82) is 0 Å². The first kappa shape index (κ1) is 12.6. The molecule has 0 aliphatic heterocycles. The van der Waals surface area contributed by atoms with E-state index in [9.17, 15) is 12.8 Å². The Morgan fingerprint density at radius 3 is 2.56 bits per heavy atom. The molecule has 18 heavy (non-hydrogen) atoms. The van der Waals surface area contributed by atoms with Gasteiger partial charge in [-0.15, -0.1) is 0 Å². The maximum Gasteiger partial charge on any atom is 0.238 e. The fraction of sp³-hybridized carbons (Fsp3) is 0.182. The summed E-state index contributed by atoms with van der Waals surface area (Å²) in [5, 5.41) is 6.42. The van der Waals surface area contributed by atoms with E-state index < -0.39 is 15.8 Å². The van der Waals surface area contributed by atoms with Gasteiger partial charge in [0.2, 0.25) is 10.0 Å². The molecule has 7 heteroatoms. The van der Waals surface area contributed by atoms with Crippen molar-refractivity contribution >= 4 is 15.8 Å². The molecule has 2 N–H and O–H groups in total. The number of halogens is 1. The molecule has 0 saturated carbocycles. The lowest BCUT2D eigenvalue weighted by molar-refractivity contribution is 0.599. The molecule has 96 valence electrons. The summed E-state index contributed by atoms with van der Waals surface area (Å²) in [5.74, 6) is -0.374. The number of nitrogens with zero attached hydrogens (tertiary/aromatic N) is 1. The highest BCUT2D eigenvalue weighted by Crippen LogP contribution is 2.11. The third-order valence-corrected chi connectivity index (χ3v) is 3.47. The summed E-state index contributed by atoms with van der Waals surface area (Å²) in [6.07, 6.45) is 0. The molecule has 0 radical (unpaired) electrons. The van der Waals surface area contributed by atoms with Gasteiger partial charge in [-0.2, -0.15) is 5.10 Å². The maximum absolute atomic E-state index is 12.7. The Labute approximate surface area is 104 Å². The zero-order chi connectivity index (χ0) is 13.2. The monoisotopic (exact) mass is 269 g/mol. The van der Waals surface area contributed by atoms with Gasteiger partial charge in [-0.3, -0.25) is 9.82 Å². The van der Waals surface area contributed by atoms with Gasteiger partial charge in [-0.25, -0.2) is 12.8 Å². The summed E-state index contributed by atoms with van der Waals surface area (Å²) in [6.45, 7) is 1.77. The van der Waals surface area contributed by atoms with Crippen LogP contribution in [0.1, 0.15) is 11.3 Å². The van der Waals surface area contributed by atoms with Crippen LogP contribution >= 0.6 is 0 Å². The number of rotatable bonds is 4. The van der Waals surface area contributed by atoms with Crippen LogP contribution in [-0.2, 0) is 15.8 Å². The molecule has 1 aromatic heterocycles. The summed E-state index contributed by atoms with van der Waals surface area (Å²) in [5.41, 5.74) is 1.27. The van der Waals surface area contributed by atoms with Crippen molar-refractivity contribution in [1.82, 2.24) is 10.2 Å². The van der Waals surface area contributed by atoms with Gasteiger partial charge in [0, 0.05) is 11.8 Å². The summed E-state index contributed by atoms with van der Waals surface area (Å²) in [4.78, 5) is 0. The number of nitrogens with one attached hydrogen (secondary N) is 2. The second-order valence-electron chi connectivity index (χ2n) is 3.92. The third kappa shape index (κ3) is 3.30. The highest BCUT2D eigenvalue weighted by Gasteiger charge is 2.13. The van der Waals surface area contributed by atoms with Gasteiger partial charge in [0.15, 0.2) is 5.82 Å². The average molecular weight is 269 g/mol. The zero-order valence-corrected chi connectivity index (χ0v) is 10.5. The number of aryl methyl sites for hydroxylation is 1. The molecule has 2 aromatic rings. The van der Waals surface area contributed by atoms with Gasteiger partial charge in [-0.05, 0) is 24.6 Å². The van der Waals surface area contributed by atoms with Gasteiger partial charge >= 0.3 is 0 Å². The maximum atomic E-state index is 12.7. The molecular weight excluding hydrogens is 257 g/mol. The Hall–Kier alpha value is -1.89. The fourth-order valence-electron chi connectivity index (χ4n) is 1.47. The lowest BCUT2D eigenvalue weighted by atomic mass is 10.2. The van der Waals surface area contributed by atoms with Gasteiger partial charge in [0.05, 0.1) is 5.75 Å². The topological polar surface area (TPSA) is 74.8 Å². The number of anilines is 1. The summed E-state index contributed by atoms with van der Waals surface area (Å²) in [6, 6.07) is 6.91. The van der Waals surface area contributed by atoms with Gasteiger partial charge in [0.1, 0.15) is 5.82 Å². The lowest BCUT2D eigenvalue weighted by Gasteiger charge is -2.05. The van der Waals surface area contributed by atoms with Crippen LogP contribution in [0.3, 0.4) is 0 Å². The standard InChI is InChI=1S/C11H12FN3O2S/c1-8-6-11(14-13-8)15-18(16,17)7-9-2-4-10(12)5-3-9/h2-6H,7H2,1H3,(H2,13,14,15). The van der Waals surface area contributed by atoms with E-state index in [0.29, 0.717) is 5.56 Å². The van der Waals surface area contributed by atoms with E-state index in [1.165, 1.54) is 24.3 Å². The summed E-state index contributed by atoms with van der Waals surface area (Å²) < 4.78 is 38.6. The van der Waals surface area contributed by atoms with Crippen LogP contribution in [-0.4, -0.2) is 18.6 Å². The molecule has 0 spiro atoms. The molecule has 0 unspecified atom stereocenters. The number of hydrogen-bond acceptors (Lipinski definition) is 3. The van der Waals surface area contributed by atoms with Crippen LogP contribution < -0.4 is 4.72 Å². The Kier molecular flexibility index (Phi) is 3.33. The predicted molar refractivity (Wildman–Crippen MR) is 66.0 cm³/mol. The molecule has 1 heterocycles. The second-order valence-corrected chi connectivity index (χ2v) is 5.65. The van der Waals surface area contributed by atoms with E-state index in [1.807, 2.05) is 0 Å². The molecule has 5 nitrogen and oxygen atoms in total. The Balaban J connectivity index is 2.10. The highest BCUT2D eigenvalue weighted by atomic mass is 32.2. The number of sulfonamides is 1. The average Bonchev–Trinajstić information content (AvgIpc) is 2.66. The van der Waals surface area contributed by atoms with Crippen LogP contribution in [0.5, 0.6) is 0 Å². The first-order valence-electron chi connectivity index (χ1n) is 5.21. The van der Waals surface area contributed by atoms with E-state index in [1.54, 1.807) is 13.0 Å². The molecule has 2 rings (SSSR count). The predicted octanol–water partition coefficient (Wildman–Crippen LogP) is 1.80. The minimum atomic E-state index is -3.54. The highest BCUT2D eigenvalue weighted by molar-refractivity contribution is 7.91. The number of hydrogen-bond donors (Lipinski definition) is 2. The lowest BCUT2D eigenvalue weighted by Crippen LogP contribution is -2.15. The van der Waals surface area contributed by atoms with Crippen LogP contribution in [0, 0.1) is 12.7 Å². The van der Waals surface area contributed by atoms with E-state index >= 15 is 0 Å². The molecule has 0 atom stereocenters. The van der Waals surface area contributed by atoms with Gasteiger partial charge < -0.3 is 0 Å². The molecule has 0 saturated heterocycles. The van der Waals surface area contributed by atoms with Crippen LogP contribution in [0.25, 0.3) is 0 Å². The van der Waals surface area contributed by atoms with Crippen molar-refractivity contribution < 1.29 is 12.8 Å². The number of benzene rings is 1. The molecule has 0 bridgehead atoms. The molecule has 0 aliphatic rings. The largest absolute Gasteiger partial charge is 0.281 e. The normalized spacial score (nSPS) is 11.4. The van der Waals surface area contributed by atoms with Gasteiger partial charge in [-0.1, -0.05) is 12.1 Å². The first-order chi connectivity index (χ1) is 8.44. The summed E-state index contributed by atoms with van der Waals surface area (Å²) in [7, 11) is -3.54. The number of aromatic nitrogens is 2. The summed E-state index contributed by atoms with van der Waals surface area (Å²) >= 11 is 0. The van der Waals surface area contributed by atoms with E-state index in [4.69, 9.17) is 0 Å². The van der Waals surface area contributed by atoms with Crippen LogP contribution in [0.2, 0.25) is 0 Å². The molecular formula is C11H12FN3O2S. The van der Waals surface area contributed by atoms with Crippen molar-refractivity contribution in [3.8, 4) is 0 Å². The minimum Gasteiger partial charge on any atom is -0.281 e. The number of H-pyrrole nitrogens is 1. The molecule has 1 aromatic carbocycles. The van der Waals surface area contributed by atoms with Gasteiger partial charge in [0.25, 0.3) is 0 Å². The Morgan fingerprint density at radius 2 is 2.00 bits per heavy atom. The Bertz CT molecular complexity index is 635. The SMILES string of the molecule is Cc1cc(NS(=O)(=O)Cc2ccc(F)cc2)n[nH]1. The smallest absolute Gasteiger partial charge is 0.238 e. The Morgan fingerprint density at radius 1 is 1.33 bits per heavy atom. The first-order valence-corrected chi connectivity index (χ1v) is 6.87. The zero-order valence-electron chi connectivity index (χ0n) is 9.64. The van der Waals surface area contributed by atoms with Crippen molar-refractivity contribution in [3.05, 3.63) is 47.4 Å². The van der Waals surface area contributed by atoms with Crippen LogP contribution in [0.4, 0.5) is 10.2 Å². The quantitative estimate of drug-likeness (QED) is 0.888. The van der Waals surface area contributed by atoms with Crippen molar-refractivity contribution in [2.24, 2.45) is 0 Å². The van der Waals surface area contributed by atoms with E-state index in [-0.39, 0.29) is 11.6 Å². The molecule has 0 amide bonds. The van der Waals surface area contributed by atoms with Crippen molar-refractivity contribution in [2.45, 2.75) is 12.7 Å². The van der Waals surface area contributed by atoms with E-state index in [0.717, 1.165) is 5.69 Å². The second kappa shape index (κ2) is 4.77. The minimum absolute atomic E-state index is 0.223. The molecule has 0 aliphatic carbocycles. The third-order valence-electron chi connectivity index (χ3n) is 2.24. The number of aromatic amines is 1. The van der Waals surface area contributed by atoms with Crippen molar-refractivity contribution in [3.63, 3.8) is 0 Å². The van der Waals surface area contributed by atoms with E-state index in [2.05, 4.69) is 14.9 Å². The van der Waals surface area contributed by atoms with Crippen LogP contribution in [0.15, 0.2) is 30.3 Å².